The average molecular weight is 262 g/mol. The maximum Gasteiger partial charge on any atom is 0.316 e. The van der Waals surface area contributed by atoms with Crippen LogP contribution in [0.5, 0.6) is 5.75 Å². The third kappa shape index (κ3) is 2.95. The van der Waals surface area contributed by atoms with Crippen molar-refractivity contribution in [1.29, 1.82) is 0 Å². The molecule has 0 amide bonds. The van der Waals surface area contributed by atoms with Crippen LogP contribution < -0.4 is 4.74 Å². The first kappa shape index (κ1) is 13.6. The molecule has 0 atom stereocenters. The van der Waals surface area contributed by atoms with Crippen molar-refractivity contribution in [2.45, 2.75) is 40.2 Å². The van der Waals surface area contributed by atoms with E-state index in [1.165, 1.54) is 0 Å². The van der Waals surface area contributed by atoms with Crippen LogP contribution in [-0.4, -0.2) is 11.9 Å². The molecular weight excluding hydrogens is 244 g/mol. The van der Waals surface area contributed by atoms with E-state index in [0.717, 1.165) is 11.1 Å². The van der Waals surface area contributed by atoms with Gasteiger partial charge < -0.3 is 9.47 Å². The molecule has 1 aliphatic heterocycles. The lowest BCUT2D eigenvalue weighted by molar-refractivity contribution is -0.145. The fourth-order valence-corrected chi connectivity index (χ4v) is 1.73. The first-order valence-electron chi connectivity index (χ1n) is 6.42. The molecular formula is C15H18O4. The van der Waals surface area contributed by atoms with Crippen molar-refractivity contribution in [3.8, 4) is 5.75 Å². The molecule has 0 unspecified atom stereocenters. The van der Waals surface area contributed by atoms with Crippen molar-refractivity contribution in [2.75, 3.05) is 0 Å². The topological polar surface area (TPSA) is 52.6 Å². The second-order valence-corrected chi connectivity index (χ2v) is 5.39. The molecule has 0 saturated carbocycles. The van der Waals surface area contributed by atoms with Crippen molar-refractivity contribution >= 4 is 11.9 Å². The van der Waals surface area contributed by atoms with Gasteiger partial charge in [-0.25, -0.2) is 0 Å². The van der Waals surface area contributed by atoms with E-state index in [2.05, 4.69) is 0 Å². The van der Waals surface area contributed by atoms with Gasteiger partial charge in [-0.15, -0.1) is 0 Å². The van der Waals surface area contributed by atoms with Gasteiger partial charge in [0.15, 0.2) is 0 Å². The molecule has 0 aliphatic carbocycles. The Morgan fingerprint density at radius 3 is 2.79 bits per heavy atom. The maximum atomic E-state index is 12.0. The molecule has 0 bridgehead atoms. The van der Waals surface area contributed by atoms with Crippen molar-refractivity contribution in [3.05, 3.63) is 29.3 Å². The number of rotatable bonds is 3. The Bertz CT molecular complexity index is 517. The van der Waals surface area contributed by atoms with Gasteiger partial charge in [0.2, 0.25) is 0 Å². The molecule has 4 nitrogen and oxygen atoms in total. The highest BCUT2D eigenvalue weighted by Gasteiger charge is 2.28. The van der Waals surface area contributed by atoms with Crippen LogP contribution in [0.25, 0.3) is 0 Å². The number of cyclic esters (lactones) is 1. The van der Waals surface area contributed by atoms with E-state index >= 15 is 0 Å². The molecule has 4 heteroatoms. The van der Waals surface area contributed by atoms with Crippen LogP contribution >= 0.6 is 0 Å². The predicted molar refractivity (Wildman–Crippen MR) is 69.6 cm³/mol. The molecule has 1 aromatic rings. The summed E-state index contributed by atoms with van der Waals surface area (Å²) in [6.45, 7) is 5.95. The van der Waals surface area contributed by atoms with Gasteiger partial charge in [-0.05, 0) is 43.5 Å². The number of esters is 2. The molecule has 2 rings (SSSR count). The third-order valence-electron chi connectivity index (χ3n) is 3.55. The van der Waals surface area contributed by atoms with Crippen molar-refractivity contribution in [3.63, 3.8) is 0 Å². The molecule has 1 aromatic carbocycles. The SMILES string of the molecule is CCC(C)(C)C(=O)Oc1ccc2c(c1)CC(=O)OC2. The molecule has 1 heterocycles. The summed E-state index contributed by atoms with van der Waals surface area (Å²) in [5.41, 5.74) is 1.33. The van der Waals surface area contributed by atoms with Crippen molar-refractivity contribution in [2.24, 2.45) is 5.41 Å². The number of ether oxygens (including phenoxy) is 2. The quantitative estimate of drug-likeness (QED) is 0.620. The van der Waals surface area contributed by atoms with E-state index in [1.807, 2.05) is 26.8 Å². The fourth-order valence-electron chi connectivity index (χ4n) is 1.73. The van der Waals surface area contributed by atoms with Gasteiger partial charge in [0.1, 0.15) is 12.4 Å². The molecule has 0 saturated heterocycles. The van der Waals surface area contributed by atoms with E-state index in [1.54, 1.807) is 12.1 Å². The standard InChI is InChI=1S/C15H18O4/c1-4-15(2,3)14(17)19-12-6-5-10-9-18-13(16)8-11(10)7-12/h5-7H,4,8-9H2,1-3H3. The zero-order valence-electron chi connectivity index (χ0n) is 11.5. The van der Waals surface area contributed by atoms with Gasteiger partial charge in [0.25, 0.3) is 0 Å². The van der Waals surface area contributed by atoms with E-state index in [9.17, 15) is 9.59 Å². The Morgan fingerprint density at radius 2 is 2.11 bits per heavy atom. The summed E-state index contributed by atoms with van der Waals surface area (Å²) >= 11 is 0. The molecule has 1 aliphatic rings. The van der Waals surface area contributed by atoms with Crippen LogP contribution in [0.4, 0.5) is 0 Å². The molecule has 19 heavy (non-hydrogen) atoms. The Balaban J connectivity index is 2.17. The van der Waals surface area contributed by atoms with Crippen LogP contribution in [0.1, 0.15) is 38.3 Å². The predicted octanol–water partition coefficient (Wildman–Crippen LogP) is 2.63. The van der Waals surface area contributed by atoms with Gasteiger partial charge in [-0.2, -0.15) is 0 Å². The summed E-state index contributed by atoms with van der Waals surface area (Å²) in [7, 11) is 0. The number of hydrogen-bond acceptors (Lipinski definition) is 4. The Kier molecular flexibility index (Phi) is 3.60. The van der Waals surface area contributed by atoms with Gasteiger partial charge in [0.05, 0.1) is 11.8 Å². The van der Waals surface area contributed by atoms with Crippen LogP contribution in [-0.2, 0) is 27.4 Å². The largest absolute Gasteiger partial charge is 0.461 e. The Morgan fingerprint density at radius 1 is 1.37 bits per heavy atom. The monoisotopic (exact) mass is 262 g/mol. The molecule has 0 radical (unpaired) electrons. The number of fused-ring (bicyclic) bond motifs is 1. The molecule has 0 spiro atoms. The van der Waals surface area contributed by atoms with Gasteiger partial charge in [0, 0.05) is 0 Å². The van der Waals surface area contributed by atoms with Crippen LogP contribution in [0.3, 0.4) is 0 Å². The van der Waals surface area contributed by atoms with Crippen molar-refractivity contribution in [1.82, 2.24) is 0 Å². The molecule has 0 N–H and O–H groups in total. The highest BCUT2D eigenvalue weighted by Crippen LogP contribution is 2.26. The fraction of sp³-hybridized carbons (Fsp3) is 0.467. The number of benzene rings is 1. The normalized spacial score (nSPS) is 14.6. The number of hydrogen-bond donors (Lipinski definition) is 0. The van der Waals surface area contributed by atoms with E-state index < -0.39 is 5.41 Å². The lowest BCUT2D eigenvalue weighted by Gasteiger charge is -2.21. The van der Waals surface area contributed by atoms with Crippen LogP contribution in [0, 0.1) is 5.41 Å². The third-order valence-corrected chi connectivity index (χ3v) is 3.55. The second kappa shape index (κ2) is 5.03. The van der Waals surface area contributed by atoms with E-state index in [0.29, 0.717) is 18.8 Å². The first-order valence-corrected chi connectivity index (χ1v) is 6.42. The minimum atomic E-state index is -0.505. The molecule has 102 valence electrons. The highest BCUT2D eigenvalue weighted by atomic mass is 16.5. The zero-order chi connectivity index (χ0) is 14.0. The second-order valence-electron chi connectivity index (χ2n) is 5.39. The van der Waals surface area contributed by atoms with Gasteiger partial charge in [-0.1, -0.05) is 13.0 Å². The zero-order valence-corrected chi connectivity index (χ0v) is 11.5. The summed E-state index contributed by atoms with van der Waals surface area (Å²) in [5.74, 6) is -0.0156. The maximum absolute atomic E-state index is 12.0. The minimum absolute atomic E-state index is 0.234. The highest BCUT2D eigenvalue weighted by molar-refractivity contribution is 5.79. The van der Waals surface area contributed by atoms with Crippen molar-refractivity contribution < 1.29 is 19.1 Å². The summed E-state index contributed by atoms with van der Waals surface area (Å²) < 4.78 is 10.3. The summed E-state index contributed by atoms with van der Waals surface area (Å²) in [5, 5.41) is 0. The molecule has 0 aromatic heterocycles. The average Bonchev–Trinajstić information content (AvgIpc) is 2.38. The van der Waals surface area contributed by atoms with Gasteiger partial charge in [-0.3, -0.25) is 9.59 Å². The van der Waals surface area contributed by atoms with E-state index in [-0.39, 0.29) is 18.4 Å². The first-order chi connectivity index (χ1) is 8.92. The van der Waals surface area contributed by atoms with Crippen LogP contribution in [0.2, 0.25) is 0 Å². The number of carbonyl (C=O) groups excluding carboxylic acids is 2. The minimum Gasteiger partial charge on any atom is -0.461 e. The van der Waals surface area contributed by atoms with Gasteiger partial charge >= 0.3 is 11.9 Å². The summed E-state index contributed by atoms with van der Waals surface area (Å²) in [6, 6.07) is 5.32. The van der Waals surface area contributed by atoms with Crippen LogP contribution in [0.15, 0.2) is 18.2 Å². The summed E-state index contributed by atoms with van der Waals surface area (Å²) in [6.07, 6.45) is 0.945. The Labute approximate surface area is 112 Å². The van der Waals surface area contributed by atoms with E-state index in [4.69, 9.17) is 9.47 Å². The lowest BCUT2D eigenvalue weighted by Crippen LogP contribution is -2.28. The number of carbonyl (C=O) groups is 2. The lowest BCUT2D eigenvalue weighted by atomic mass is 9.91. The smallest absolute Gasteiger partial charge is 0.316 e. The molecule has 0 fully saturated rings. The summed E-state index contributed by atoms with van der Waals surface area (Å²) in [4.78, 5) is 23.2. The Hall–Kier alpha value is -1.84.